The zero-order valence-electron chi connectivity index (χ0n) is 11.6. The molecule has 2 amide bonds. The van der Waals surface area contributed by atoms with Crippen LogP contribution in [0.15, 0.2) is 18.2 Å². The Labute approximate surface area is 127 Å². The van der Waals surface area contributed by atoms with Gasteiger partial charge in [0.05, 0.1) is 0 Å². The van der Waals surface area contributed by atoms with Gasteiger partial charge < -0.3 is 0 Å². The van der Waals surface area contributed by atoms with Gasteiger partial charge in [-0.25, -0.2) is 4.39 Å². The zero-order chi connectivity index (χ0) is 15.0. The van der Waals surface area contributed by atoms with Gasteiger partial charge in [-0.05, 0) is 36.5 Å². The number of piperidine rings is 1. The maximum atomic E-state index is 13.2. The molecule has 1 N–H and O–H groups in total. The first-order valence-electron chi connectivity index (χ1n) is 7.35. The van der Waals surface area contributed by atoms with Crippen LogP contribution in [0.25, 0.3) is 0 Å². The van der Waals surface area contributed by atoms with Crippen LogP contribution < -0.4 is 5.32 Å². The Bertz CT molecular complexity index is 584. The van der Waals surface area contributed by atoms with E-state index in [-0.39, 0.29) is 36.0 Å². The first-order chi connectivity index (χ1) is 10.1. The molecule has 3 rings (SSSR count). The van der Waals surface area contributed by atoms with Crippen molar-refractivity contribution in [1.29, 1.82) is 0 Å². The Morgan fingerprint density at radius 1 is 1.19 bits per heavy atom. The molecule has 2 fully saturated rings. The molecule has 1 heterocycles. The molecule has 1 aliphatic heterocycles. The minimum Gasteiger partial charge on any atom is -0.296 e. The average Bonchev–Trinajstić information content (AvgIpc) is 2.91. The Morgan fingerprint density at radius 3 is 2.57 bits per heavy atom. The lowest BCUT2D eigenvalue weighted by molar-refractivity contribution is -0.138. The maximum Gasteiger partial charge on any atom is 0.230 e. The van der Waals surface area contributed by atoms with E-state index in [1.54, 1.807) is 6.07 Å². The number of carbonyl (C=O) groups is 2. The third-order valence-electron chi connectivity index (χ3n) is 4.67. The van der Waals surface area contributed by atoms with Crippen molar-refractivity contribution in [3.63, 3.8) is 0 Å². The molecule has 112 valence electrons. The van der Waals surface area contributed by atoms with Gasteiger partial charge in [0, 0.05) is 23.3 Å². The number of imide groups is 1. The monoisotopic (exact) mass is 309 g/mol. The smallest absolute Gasteiger partial charge is 0.230 e. The quantitative estimate of drug-likeness (QED) is 0.851. The molecule has 21 heavy (non-hydrogen) atoms. The Balaban J connectivity index is 1.98. The number of hydrogen-bond acceptors (Lipinski definition) is 2. The maximum absolute atomic E-state index is 13.2. The molecule has 0 aromatic heterocycles. The van der Waals surface area contributed by atoms with Gasteiger partial charge in [-0.3, -0.25) is 14.9 Å². The molecular formula is C16H17ClFNO2. The Hall–Kier alpha value is -1.42. The Morgan fingerprint density at radius 2 is 1.90 bits per heavy atom. The van der Waals surface area contributed by atoms with Gasteiger partial charge in [0.1, 0.15) is 5.82 Å². The predicted octanol–water partition coefficient (Wildman–Crippen LogP) is 3.42. The van der Waals surface area contributed by atoms with E-state index in [4.69, 9.17) is 11.6 Å². The highest BCUT2D eigenvalue weighted by Gasteiger charge is 2.42. The van der Waals surface area contributed by atoms with Crippen LogP contribution in [0.2, 0.25) is 5.02 Å². The molecule has 0 spiro atoms. The molecule has 1 aromatic carbocycles. The van der Waals surface area contributed by atoms with Crippen LogP contribution in [0.3, 0.4) is 0 Å². The van der Waals surface area contributed by atoms with E-state index in [1.807, 2.05) is 0 Å². The second-order valence-corrected chi connectivity index (χ2v) is 6.37. The van der Waals surface area contributed by atoms with Crippen molar-refractivity contribution >= 4 is 23.4 Å². The van der Waals surface area contributed by atoms with Gasteiger partial charge >= 0.3 is 0 Å². The van der Waals surface area contributed by atoms with Gasteiger partial charge in [-0.2, -0.15) is 0 Å². The SMILES string of the molecule is O=C1CC(c2ccc(F)cc2Cl)C(C2CCCC2)C(=O)N1. The Kier molecular flexibility index (Phi) is 3.98. The highest BCUT2D eigenvalue weighted by molar-refractivity contribution is 6.31. The molecular weight excluding hydrogens is 293 g/mol. The fourth-order valence-electron chi connectivity index (χ4n) is 3.75. The molecule has 1 aromatic rings. The predicted molar refractivity (Wildman–Crippen MR) is 77.4 cm³/mol. The molecule has 0 radical (unpaired) electrons. The molecule has 3 nitrogen and oxygen atoms in total. The van der Waals surface area contributed by atoms with Crippen molar-refractivity contribution < 1.29 is 14.0 Å². The summed E-state index contributed by atoms with van der Waals surface area (Å²) >= 11 is 6.15. The van der Waals surface area contributed by atoms with Gasteiger partial charge in [-0.15, -0.1) is 0 Å². The number of rotatable bonds is 2. The highest BCUT2D eigenvalue weighted by atomic mass is 35.5. The first kappa shape index (κ1) is 14.5. The normalized spacial score (nSPS) is 27.0. The van der Waals surface area contributed by atoms with Crippen molar-refractivity contribution in [2.45, 2.75) is 38.0 Å². The van der Waals surface area contributed by atoms with Crippen molar-refractivity contribution in [1.82, 2.24) is 5.32 Å². The van der Waals surface area contributed by atoms with E-state index < -0.39 is 5.82 Å². The minimum atomic E-state index is -0.409. The van der Waals surface area contributed by atoms with Crippen LogP contribution in [0, 0.1) is 17.7 Å². The summed E-state index contributed by atoms with van der Waals surface area (Å²) in [6, 6.07) is 4.19. The van der Waals surface area contributed by atoms with Crippen LogP contribution >= 0.6 is 11.6 Å². The van der Waals surface area contributed by atoms with Crippen LogP contribution in [0.4, 0.5) is 4.39 Å². The second-order valence-electron chi connectivity index (χ2n) is 5.96. The van der Waals surface area contributed by atoms with Crippen LogP contribution in [-0.4, -0.2) is 11.8 Å². The van der Waals surface area contributed by atoms with E-state index in [0.717, 1.165) is 25.7 Å². The largest absolute Gasteiger partial charge is 0.296 e. The topological polar surface area (TPSA) is 46.2 Å². The molecule has 0 bridgehead atoms. The van der Waals surface area contributed by atoms with E-state index >= 15 is 0 Å². The summed E-state index contributed by atoms with van der Waals surface area (Å²) in [6.45, 7) is 0. The van der Waals surface area contributed by atoms with Crippen LogP contribution in [0.1, 0.15) is 43.6 Å². The van der Waals surface area contributed by atoms with Crippen molar-refractivity contribution in [2.24, 2.45) is 11.8 Å². The average molecular weight is 310 g/mol. The standard InChI is InChI=1S/C16H17ClFNO2/c17-13-7-10(18)5-6-11(13)12-8-14(20)19-16(21)15(12)9-3-1-2-4-9/h5-7,9,12,15H,1-4,8H2,(H,19,20,21). The van der Waals surface area contributed by atoms with Crippen molar-refractivity contribution in [2.75, 3.05) is 0 Å². The number of amides is 2. The summed E-state index contributed by atoms with van der Waals surface area (Å²) < 4.78 is 13.2. The first-order valence-corrected chi connectivity index (χ1v) is 7.72. The summed E-state index contributed by atoms with van der Waals surface area (Å²) in [4.78, 5) is 24.1. The summed E-state index contributed by atoms with van der Waals surface area (Å²) in [7, 11) is 0. The number of benzene rings is 1. The number of carbonyl (C=O) groups excluding carboxylic acids is 2. The lowest BCUT2D eigenvalue weighted by Gasteiger charge is -2.34. The van der Waals surface area contributed by atoms with E-state index in [9.17, 15) is 14.0 Å². The molecule has 2 aliphatic rings. The zero-order valence-corrected chi connectivity index (χ0v) is 12.3. The number of nitrogens with one attached hydrogen (secondary N) is 1. The van der Waals surface area contributed by atoms with E-state index in [1.165, 1.54) is 12.1 Å². The fourth-order valence-corrected chi connectivity index (χ4v) is 4.05. The summed E-state index contributed by atoms with van der Waals surface area (Å²) in [5.41, 5.74) is 0.707. The molecule has 5 heteroatoms. The van der Waals surface area contributed by atoms with Crippen LogP contribution in [0.5, 0.6) is 0 Å². The molecule has 1 saturated carbocycles. The molecule has 2 atom stereocenters. The molecule has 1 aliphatic carbocycles. The van der Waals surface area contributed by atoms with Crippen LogP contribution in [-0.2, 0) is 9.59 Å². The molecule has 1 saturated heterocycles. The lowest BCUT2D eigenvalue weighted by Crippen LogP contribution is -2.47. The fraction of sp³-hybridized carbons (Fsp3) is 0.500. The summed E-state index contributed by atoms with van der Waals surface area (Å²) in [6.07, 6.45) is 4.47. The van der Waals surface area contributed by atoms with Gasteiger partial charge in [0.15, 0.2) is 0 Å². The van der Waals surface area contributed by atoms with Crippen molar-refractivity contribution in [3.8, 4) is 0 Å². The lowest BCUT2D eigenvalue weighted by atomic mass is 9.73. The third kappa shape index (κ3) is 2.82. The van der Waals surface area contributed by atoms with Crippen molar-refractivity contribution in [3.05, 3.63) is 34.6 Å². The van der Waals surface area contributed by atoms with E-state index in [2.05, 4.69) is 5.32 Å². The number of hydrogen-bond donors (Lipinski definition) is 1. The van der Waals surface area contributed by atoms with Gasteiger partial charge in [-0.1, -0.05) is 30.5 Å². The second kappa shape index (κ2) is 5.76. The summed E-state index contributed by atoms with van der Waals surface area (Å²) in [5, 5.41) is 2.74. The summed E-state index contributed by atoms with van der Waals surface area (Å²) in [5.74, 6) is -1.10. The van der Waals surface area contributed by atoms with Gasteiger partial charge in [0.2, 0.25) is 11.8 Å². The minimum absolute atomic E-state index is 0.205. The molecule has 2 unspecified atom stereocenters. The highest BCUT2D eigenvalue weighted by Crippen LogP contribution is 2.44. The van der Waals surface area contributed by atoms with Gasteiger partial charge in [0.25, 0.3) is 0 Å². The third-order valence-corrected chi connectivity index (χ3v) is 5.00. The van der Waals surface area contributed by atoms with E-state index in [0.29, 0.717) is 10.6 Å². The number of halogens is 2.